The molecular formula is C20H33ClN4O2. The van der Waals surface area contributed by atoms with Gasteiger partial charge < -0.3 is 15.0 Å². The second kappa shape index (κ2) is 9.32. The van der Waals surface area contributed by atoms with Crippen LogP contribution < -0.4 is 5.32 Å². The van der Waals surface area contributed by atoms with E-state index in [4.69, 9.17) is 16.3 Å². The first kappa shape index (κ1) is 22.1. The molecule has 0 aromatic rings. The van der Waals surface area contributed by atoms with Crippen LogP contribution in [0.2, 0.25) is 0 Å². The van der Waals surface area contributed by atoms with Crippen LogP contribution in [-0.4, -0.2) is 72.9 Å². The molecule has 1 amide bonds. The summed E-state index contributed by atoms with van der Waals surface area (Å²) in [5, 5.41) is 3.80. The summed E-state index contributed by atoms with van der Waals surface area (Å²) in [4.78, 5) is 21.4. The molecule has 2 heterocycles. The third-order valence-electron chi connectivity index (χ3n) is 5.70. The molecule has 2 aliphatic rings. The molecule has 152 valence electrons. The van der Waals surface area contributed by atoms with Crippen molar-refractivity contribution in [2.75, 3.05) is 39.9 Å². The van der Waals surface area contributed by atoms with E-state index < -0.39 is 0 Å². The van der Waals surface area contributed by atoms with Crippen molar-refractivity contribution in [3.63, 3.8) is 0 Å². The lowest BCUT2D eigenvalue weighted by Crippen LogP contribution is -2.59. The van der Waals surface area contributed by atoms with Crippen molar-refractivity contribution in [3.05, 3.63) is 24.6 Å². The Morgan fingerprint density at radius 1 is 1.48 bits per heavy atom. The van der Waals surface area contributed by atoms with Gasteiger partial charge in [0.2, 0.25) is 5.91 Å². The zero-order chi connectivity index (χ0) is 20.2. The smallest absolute Gasteiger partial charge is 0.240 e. The molecule has 27 heavy (non-hydrogen) atoms. The van der Waals surface area contributed by atoms with E-state index in [0.29, 0.717) is 30.9 Å². The summed E-state index contributed by atoms with van der Waals surface area (Å²) in [6.45, 7) is 15.5. The van der Waals surface area contributed by atoms with Gasteiger partial charge in [0, 0.05) is 56.6 Å². The van der Waals surface area contributed by atoms with E-state index in [9.17, 15) is 4.79 Å². The Hall–Kier alpha value is -1.21. The molecule has 7 heteroatoms. The Balaban J connectivity index is 2.21. The number of nitrogens with one attached hydrogen (secondary N) is 1. The number of hydrogen-bond donors (Lipinski definition) is 1. The molecule has 2 rings (SSSR count). The van der Waals surface area contributed by atoms with Crippen molar-refractivity contribution in [3.8, 4) is 0 Å². The second-order valence-corrected chi connectivity index (χ2v) is 8.63. The Morgan fingerprint density at radius 2 is 2.19 bits per heavy atom. The minimum Gasteiger partial charge on any atom is -0.383 e. The van der Waals surface area contributed by atoms with Crippen LogP contribution in [0.25, 0.3) is 0 Å². The number of likely N-dealkylation sites (tertiary alicyclic amines) is 1. The van der Waals surface area contributed by atoms with Crippen LogP contribution in [-0.2, 0) is 9.53 Å². The van der Waals surface area contributed by atoms with E-state index in [0.717, 1.165) is 18.8 Å². The highest BCUT2D eigenvalue weighted by Gasteiger charge is 2.43. The van der Waals surface area contributed by atoms with Gasteiger partial charge in [0.1, 0.15) is 5.17 Å². The van der Waals surface area contributed by atoms with Gasteiger partial charge in [-0.25, -0.2) is 4.99 Å². The number of carbonyl (C=O) groups excluding carboxylic acids is 1. The van der Waals surface area contributed by atoms with Crippen molar-refractivity contribution < 1.29 is 9.53 Å². The van der Waals surface area contributed by atoms with Crippen LogP contribution in [0.15, 0.2) is 29.5 Å². The molecule has 2 fully saturated rings. The fraction of sp³-hybridized carbons (Fsp3) is 0.700. The summed E-state index contributed by atoms with van der Waals surface area (Å²) in [7, 11) is 1.70. The molecule has 1 N–H and O–H groups in total. The highest BCUT2D eigenvalue weighted by Crippen LogP contribution is 2.42. The van der Waals surface area contributed by atoms with Crippen LogP contribution in [0.5, 0.6) is 0 Å². The summed E-state index contributed by atoms with van der Waals surface area (Å²) in [6.07, 6.45) is 3.21. The fourth-order valence-corrected chi connectivity index (χ4v) is 3.97. The van der Waals surface area contributed by atoms with Gasteiger partial charge in [0.15, 0.2) is 0 Å². The minimum absolute atomic E-state index is 0.0183. The van der Waals surface area contributed by atoms with E-state index in [1.165, 1.54) is 6.20 Å². The average Bonchev–Trinajstić information content (AvgIpc) is 2.81. The maximum Gasteiger partial charge on any atom is 0.240 e. The highest BCUT2D eigenvalue weighted by atomic mass is 35.5. The Morgan fingerprint density at radius 3 is 2.81 bits per heavy atom. The normalized spacial score (nSPS) is 30.7. The maximum atomic E-state index is 13.2. The number of carbonyl (C=O) groups is 1. The predicted molar refractivity (Wildman–Crippen MR) is 111 cm³/mol. The molecule has 2 aliphatic heterocycles. The van der Waals surface area contributed by atoms with E-state index >= 15 is 0 Å². The van der Waals surface area contributed by atoms with Gasteiger partial charge in [-0.2, -0.15) is 0 Å². The Labute approximate surface area is 168 Å². The van der Waals surface area contributed by atoms with Crippen molar-refractivity contribution in [1.29, 1.82) is 0 Å². The lowest BCUT2D eigenvalue weighted by Gasteiger charge is -2.39. The zero-order valence-corrected chi connectivity index (χ0v) is 17.9. The van der Waals surface area contributed by atoms with E-state index in [1.54, 1.807) is 13.2 Å². The van der Waals surface area contributed by atoms with Crippen LogP contribution in [0.3, 0.4) is 0 Å². The molecule has 0 aromatic carbocycles. The van der Waals surface area contributed by atoms with Crippen LogP contribution in [0.4, 0.5) is 0 Å². The molecule has 3 atom stereocenters. The molecular weight excluding hydrogens is 364 g/mol. The van der Waals surface area contributed by atoms with Crippen molar-refractivity contribution in [2.45, 2.75) is 39.8 Å². The summed E-state index contributed by atoms with van der Waals surface area (Å²) in [5.74, 6) is 0.295. The number of ether oxygens (including phenoxy) is 1. The number of rotatable bonds is 6. The van der Waals surface area contributed by atoms with Crippen LogP contribution in [0, 0.1) is 11.3 Å². The molecule has 0 saturated carbocycles. The van der Waals surface area contributed by atoms with E-state index in [-0.39, 0.29) is 23.3 Å². The van der Waals surface area contributed by atoms with Gasteiger partial charge in [-0.05, 0) is 18.4 Å². The van der Waals surface area contributed by atoms with E-state index in [2.05, 4.69) is 49.5 Å². The van der Waals surface area contributed by atoms with Gasteiger partial charge in [0.05, 0.1) is 13.2 Å². The maximum absolute atomic E-state index is 13.2. The molecule has 0 spiro atoms. The minimum atomic E-state index is -0.0183. The largest absolute Gasteiger partial charge is 0.383 e. The van der Waals surface area contributed by atoms with E-state index in [1.807, 2.05) is 4.90 Å². The topological polar surface area (TPSA) is 57.2 Å². The third kappa shape index (κ3) is 5.41. The summed E-state index contributed by atoms with van der Waals surface area (Å²) in [6, 6.07) is 0.547. The van der Waals surface area contributed by atoms with Crippen molar-refractivity contribution in [1.82, 2.24) is 15.1 Å². The number of hydrogen-bond acceptors (Lipinski definition) is 5. The molecule has 2 saturated heterocycles. The lowest BCUT2D eigenvalue weighted by atomic mass is 9.82. The standard InChI is InChI=1S/C20H33ClN4O2/c1-7-22-18(21)8-17-15(3)20(4,5)13-25(17)19(26)11-24-10-14(2)23-9-16(24)12-27-6/h7-8,14-16,23H,1,9-13H2,2-6H3/b17-8+,22-18+/t14-,15?,16-/m1/s1. The van der Waals surface area contributed by atoms with Crippen LogP contribution >= 0.6 is 11.6 Å². The summed E-state index contributed by atoms with van der Waals surface area (Å²) < 4.78 is 5.34. The number of piperazine rings is 1. The van der Waals surface area contributed by atoms with Gasteiger partial charge in [-0.3, -0.25) is 9.69 Å². The first-order chi connectivity index (χ1) is 12.7. The van der Waals surface area contributed by atoms with Gasteiger partial charge in [-0.1, -0.05) is 39.0 Å². The monoisotopic (exact) mass is 396 g/mol. The van der Waals surface area contributed by atoms with Crippen LogP contribution in [0.1, 0.15) is 27.7 Å². The third-order valence-corrected chi connectivity index (χ3v) is 5.91. The van der Waals surface area contributed by atoms with Gasteiger partial charge in [0.25, 0.3) is 0 Å². The fourth-order valence-electron chi connectivity index (χ4n) is 3.79. The predicted octanol–water partition coefficient (Wildman–Crippen LogP) is 2.46. The highest BCUT2D eigenvalue weighted by molar-refractivity contribution is 6.68. The molecule has 0 bridgehead atoms. The number of allylic oxidation sites excluding steroid dienone is 2. The number of aliphatic imine (C=N–C) groups is 1. The quantitative estimate of drug-likeness (QED) is 0.701. The molecule has 0 aliphatic carbocycles. The summed E-state index contributed by atoms with van der Waals surface area (Å²) >= 11 is 6.19. The van der Waals surface area contributed by atoms with Gasteiger partial charge >= 0.3 is 0 Å². The Kier molecular flexibility index (Phi) is 7.63. The number of halogens is 1. The number of methoxy groups -OCH3 is 1. The first-order valence-corrected chi connectivity index (χ1v) is 9.90. The molecule has 0 aromatic heterocycles. The Bertz CT molecular complexity index is 617. The first-order valence-electron chi connectivity index (χ1n) is 9.52. The average molecular weight is 397 g/mol. The molecule has 1 unspecified atom stereocenters. The SMILES string of the molecule is C=C/N=C(Cl)\C=C1/C(C)C(C)(C)CN1C(=O)CN1C[C@@H](C)NC[C@@H]1COC. The lowest BCUT2D eigenvalue weighted by molar-refractivity contribution is -0.131. The molecule has 0 radical (unpaired) electrons. The van der Waals surface area contributed by atoms with Crippen molar-refractivity contribution >= 4 is 22.7 Å². The zero-order valence-electron chi connectivity index (χ0n) is 17.2. The second-order valence-electron chi connectivity index (χ2n) is 8.24. The van der Waals surface area contributed by atoms with Crippen molar-refractivity contribution in [2.24, 2.45) is 16.3 Å². The number of nitrogens with zero attached hydrogens (tertiary/aromatic N) is 3. The van der Waals surface area contributed by atoms with Gasteiger partial charge in [-0.15, -0.1) is 0 Å². The molecule has 6 nitrogen and oxygen atoms in total. The number of amides is 1. The summed E-state index contributed by atoms with van der Waals surface area (Å²) in [5.41, 5.74) is 0.905.